The molecule has 1 nitrogen and oxygen atoms in total. The molecule has 142 valence electrons. The molecule has 1 heteroatoms. The molecule has 0 aromatic heterocycles. The Balaban J connectivity index is 0.000000156. The summed E-state index contributed by atoms with van der Waals surface area (Å²) in [4.78, 5) is 0. The Morgan fingerprint density at radius 2 is 1.22 bits per heavy atom. The average Bonchev–Trinajstić information content (AvgIpc) is 3.25. The van der Waals surface area contributed by atoms with Crippen LogP contribution in [0.15, 0.2) is 36.4 Å². The fourth-order valence-electron chi connectivity index (χ4n) is 4.45. The molecular weight excluding hydrogens is 326 g/mol. The molecule has 0 radical (unpaired) electrons. The van der Waals surface area contributed by atoms with Crippen LogP contribution in [0.2, 0.25) is 0 Å². The van der Waals surface area contributed by atoms with E-state index in [1.807, 2.05) is 6.07 Å². The zero-order valence-corrected chi connectivity index (χ0v) is 17.5. The Morgan fingerprint density at radius 1 is 0.741 bits per heavy atom. The van der Waals surface area contributed by atoms with Crippen LogP contribution in [0, 0.1) is 41.9 Å². The molecule has 27 heavy (non-hydrogen) atoms. The quantitative estimate of drug-likeness (QED) is 0.617. The highest BCUT2D eigenvalue weighted by atomic mass is 14.3. The topological polar surface area (TPSA) is 23.8 Å². The number of hydrogen-bond donors (Lipinski definition) is 0. The molecule has 2 aliphatic carbocycles. The first-order chi connectivity index (χ1) is 12.9. The van der Waals surface area contributed by atoms with Crippen molar-refractivity contribution in [2.45, 2.75) is 60.3 Å². The monoisotopic (exact) mass is 359 g/mol. The molecule has 0 saturated heterocycles. The van der Waals surface area contributed by atoms with Crippen molar-refractivity contribution in [2.75, 3.05) is 0 Å². The molecule has 2 aromatic carbocycles. The van der Waals surface area contributed by atoms with Crippen LogP contribution in [0.4, 0.5) is 0 Å². The first kappa shape index (κ1) is 19.7. The van der Waals surface area contributed by atoms with Gasteiger partial charge in [0.25, 0.3) is 0 Å². The highest BCUT2D eigenvalue weighted by Crippen LogP contribution is 2.32. The molecule has 0 amide bonds. The van der Waals surface area contributed by atoms with E-state index in [1.54, 1.807) is 11.1 Å². The molecule has 0 heterocycles. The third-order valence-corrected chi connectivity index (χ3v) is 6.51. The van der Waals surface area contributed by atoms with Gasteiger partial charge in [-0.05, 0) is 90.7 Å². The van der Waals surface area contributed by atoms with Gasteiger partial charge in [-0.3, -0.25) is 0 Å². The van der Waals surface area contributed by atoms with Crippen LogP contribution in [0.1, 0.15) is 61.1 Å². The Labute approximate surface area is 165 Å². The summed E-state index contributed by atoms with van der Waals surface area (Å²) in [6.45, 7) is 11.4. The molecule has 0 fully saturated rings. The maximum absolute atomic E-state index is 8.79. The van der Waals surface area contributed by atoms with Gasteiger partial charge < -0.3 is 0 Å². The van der Waals surface area contributed by atoms with Crippen molar-refractivity contribution >= 4 is 0 Å². The van der Waals surface area contributed by atoms with Crippen molar-refractivity contribution < 1.29 is 0 Å². The van der Waals surface area contributed by atoms with Crippen molar-refractivity contribution in [1.29, 1.82) is 5.26 Å². The minimum absolute atomic E-state index is 0.743. The van der Waals surface area contributed by atoms with Crippen molar-refractivity contribution in [3.8, 4) is 6.07 Å². The van der Waals surface area contributed by atoms with E-state index in [-0.39, 0.29) is 0 Å². The van der Waals surface area contributed by atoms with E-state index in [4.69, 9.17) is 5.26 Å². The SMILES string of the molecule is CC(C)C1Cc2ccc(C#N)cc2C1.Cc1ccc2c(c1)CC(C(C)C)C2. The predicted molar refractivity (Wildman–Crippen MR) is 114 cm³/mol. The van der Waals surface area contributed by atoms with Gasteiger partial charge in [-0.2, -0.15) is 5.26 Å². The minimum Gasteiger partial charge on any atom is -0.192 e. The maximum atomic E-state index is 8.79. The average molecular weight is 360 g/mol. The lowest BCUT2D eigenvalue weighted by molar-refractivity contribution is 0.404. The van der Waals surface area contributed by atoms with Gasteiger partial charge in [-0.15, -0.1) is 0 Å². The van der Waals surface area contributed by atoms with E-state index in [2.05, 4.69) is 71.0 Å². The Hall–Kier alpha value is -2.07. The standard InChI is InChI=1S/C13H15N.C13H18/c1-9(2)12-6-11-4-3-10(8-14)5-13(11)7-12;1-9(2)12-7-11-5-4-10(3)6-13(11)8-12/h3-5,9,12H,6-7H2,1-2H3;4-6,9,12H,7-8H2,1-3H3. The van der Waals surface area contributed by atoms with E-state index in [0.717, 1.165) is 35.7 Å². The predicted octanol–water partition coefficient (Wildman–Crippen LogP) is 6.29. The molecule has 0 saturated carbocycles. The maximum Gasteiger partial charge on any atom is 0.0991 e. The van der Waals surface area contributed by atoms with Gasteiger partial charge in [0.15, 0.2) is 0 Å². The first-order valence-corrected chi connectivity index (χ1v) is 10.5. The molecule has 2 aliphatic rings. The van der Waals surface area contributed by atoms with Crippen molar-refractivity contribution in [3.05, 3.63) is 69.8 Å². The van der Waals surface area contributed by atoms with E-state index >= 15 is 0 Å². The molecule has 4 rings (SSSR count). The summed E-state index contributed by atoms with van der Waals surface area (Å²) >= 11 is 0. The fraction of sp³-hybridized carbons (Fsp3) is 0.500. The largest absolute Gasteiger partial charge is 0.192 e. The molecule has 0 N–H and O–H groups in total. The molecule has 0 bridgehead atoms. The molecular formula is C26H33N. The number of benzene rings is 2. The summed E-state index contributed by atoms with van der Waals surface area (Å²) in [6.07, 6.45) is 4.95. The highest BCUT2D eigenvalue weighted by Gasteiger charge is 2.24. The van der Waals surface area contributed by atoms with Crippen LogP contribution < -0.4 is 0 Å². The second kappa shape index (κ2) is 8.30. The zero-order chi connectivity index (χ0) is 19.6. The summed E-state index contributed by atoms with van der Waals surface area (Å²) < 4.78 is 0. The van der Waals surface area contributed by atoms with Gasteiger partial charge >= 0.3 is 0 Å². The van der Waals surface area contributed by atoms with Crippen LogP contribution in [0.3, 0.4) is 0 Å². The van der Waals surface area contributed by atoms with Crippen LogP contribution >= 0.6 is 0 Å². The van der Waals surface area contributed by atoms with E-state index < -0.39 is 0 Å². The van der Waals surface area contributed by atoms with E-state index in [9.17, 15) is 0 Å². The number of nitriles is 1. The van der Waals surface area contributed by atoms with Gasteiger partial charge in [0.05, 0.1) is 11.6 Å². The lowest BCUT2D eigenvalue weighted by Gasteiger charge is -2.12. The van der Waals surface area contributed by atoms with Crippen LogP contribution in [-0.2, 0) is 25.7 Å². The van der Waals surface area contributed by atoms with Crippen LogP contribution in [-0.4, -0.2) is 0 Å². The molecule has 2 atom stereocenters. The van der Waals surface area contributed by atoms with Crippen LogP contribution in [0.25, 0.3) is 0 Å². The third kappa shape index (κ3) is 4.62. The number of nitrogens with zero attached hydrogens (tertiary/aromatic N) is 1. The molecule has 0 spiro atoms. The van der Waals surface area contributed by atoms with E-state index in [0.29, 0.717) is 0 Å². The number of fused-ring (bicyclic) bond motifs is 2. The summed E-state index contributed by atoms with van der Waals surface area (Å²) in [5, 5.41) is 8.79. The first-order valence-electron chi connectivity index (χ1n) is 10.5. The number of rotatable bonds is 2. The zero-order valence-electron chi connectivity index (χ0n) is 17.5. The Kier molecular flexibility index (Phi) is 6.05. The third-order valence-electron chi connectivity index (χ3n) is 6.51. The summed E-state index contributed by atoms with van der Waals surface area (Å²) in [5.41, 5.74) is 8.23. The lowest BCUT2D eigenvalue weighted by Crippen LogP contribution is -2.07. The molecule has 2 aromatic rings. The lowest BCUT2D eigenvalue weighted by atomic mass is 9.93. The van der Waals surface area contributed by atoms with Gasteiger partial charge in [0.1, 0.15) is 0 Å². The second-order valence-electron chi connectivity index (χ2n) is 9.19. The van der Waals surface area contributed by atoms with Gasteiger partial charge in [-0.1, -0.05) is 57.5 Å². The van der Waals surface area contributed by atoms with Crippen molar-refractivity contribution in [2.24, 2.45) is 23.7 Å². The minimum atomic E-state index is 0.743. The summed E-state index contributed by atoms with van der Waals surface area (Å²) in [6, 6.07) is 15.2. The molecule has 2 unspecified atom stereocenters. The highest BCUT2D eigenvalue weighted by molar-refractivity contribution is 5.41. The smallest absolute Gasteiger partial charge is 0.0991 e. The number of hydrogen-bond acceptors (Lipinski definition) is 1. The summed E-state index contributed by atoms with van der Waals surface area (Å²) in [5.74, 6) is 3.23. The van der Waals surface area contributed by atoms with Crippen LogP contribution in [0.5, 0.6) is 0 Å². The van der Waals surface area contributed by atoms with Crippen molar-refractivity contribution in [3.63, 3.8) is 0 Å². The Bertz CT molecular complexity index is 838. The Morgan fingerprint density at radius 3 is 1.74 bits per heavy atom. The second-order valence-corrected chi connectivity index (χ2v) is 9.19. The van der Waals surface area contributed by atoms with Gasteiger partial charge in [-0.25, -0.2) is 0 Å². The summed E-state index contributed by atoms with van der Waals surface area (Å²) in [7, 11) is 0. The van der Waals surface area contributed by atoms with Gasteiger partial charge in [0, 0.05) is 0 Å². The normalized spacial score (nSPS) is 20.1. The van der Waals surface area contributed by atoms with Gasteiger partial charge in [0.2, 0.25) is 0 Å². The molecule has 0 aliphatic heterocycles. The van der Waals surface area contributed by atoms with E-state index in [1.165, 1.54) is 36.0 Å². The fourth-order valence-corrected chi connectivity index (χ4v) is 4.45. The number of aryl methyl sites for hydroxylation is 1. The van der Waals surface area contributed by atoms with Crippen molar-refractivity contribution in [1.82, 2.24) is 0 Å².